The molecule has 4 rings (SSSR count). The van der Waals surface area contributed by atoms with Crippen LogP contribution in [-0.2, 0) is 21.2 Å². The fourth-order valence-corrected chi connectivity index (χ4v) is 6.03. The summed E-state index contributed by atoms with van der Waals surface area (Å²) in [6, 6.07) is 21.2. The lowest BCUT2D eigenvalue weighted by molar-refractivity contribution is -0.120. The first-order chi connectivity index (χ1) is 16.6. The molecule has 3 aromatic carbocycles. The maximum Gasteiger partial charge on any atom is 0.264 e. The molecule has 0 radical (unpaired) electrons. The van der Waals surface area contributed by atoms with Gasteiger partial charge in [0.2, 0.25) is 5.91 Å². The Morgan fingerprint density at radius 3 is 2.46 bits per heavy atom. The highest BCUT2D eigenvalue weighted by Gasteiger charge is 2.36. The topological polar surface area (TPSA) is 75.7 Å². The lowest BCUT2D eigenvalue weighted by Gasteiger charge is -2.38. The van der Waals surface area contributed by atoms with E-state index in [4.69, 9.17) is 4.74 Å². The van der Waals surface area contributed by atoms with E-state index in [-0.39, 0.29) is 23.4 Å². The molecule has 1 N–H and O–H groups in total. The van der Waals surface area contributed by atoms with E-state index in [1.54, 1.807) is 42.5 Å². The second kappa shape index (κ2) is 9.74. The third-order valence-electron chi connectivity index (χ3n) is 6.22. The molecule has 7 heteroatoms. The number of hydrogen-bond acceptors (Lipinski definition) is 4. The zero-order chi connectivity index (χ0) is 25.2. The highest BCUT2D eigenvalue weighted by molar-refractivity contribution is 7.92. The Morgan fingerprint density at radius 1 is 1.06 bits per heavy atom. The molecule has 6 nitrogen and oxygen atoms in total. The number of hydrogen-bond donors (Lipinski definition) is 1. The molecule has 1 aliphatic heterocycles. The van der Waals surface area contributed by atoms with E-state index < -0.39 is 15.6 Å². The van der Waals surface area contributed by atoms with E-state index in [0.29, 0.717) is 18.5 Å². The number of benzene rings is 3. The minimum atomic E-state index is -3.96. The van der Waals surface area contributed by atoms with Crippen LogP contribution in [0.4, 0.5) is 5.69 Å². The summed E-state index contributed by atoms with van der Waals surface area (Å²) in [7, 11) is -3.96. The zero-order valence-corrected chi connectivity index (χ0v) is 21.4. The molecule has 1 atom stereocenters. The monoisotopic (exact) mass is 492 g/mol. The van der Waals surface area contributed by atoms with E-state index in [9.17, 15) is 13.2 Å². The predicted molar refractivity (Wildman–Crippen MR) is 138 cm³/mol. The van der Waals surface area contributed by atoms with Crippen LogP contribution < -0.4 is 14.4 Å². The summed E-state index contributed by atoms with van der Waals surface area (Å²) < 4.78 is 34.7. The van der Waals surface area contributed by atoms with Crippen molar-refractivity contribution in [1.82, 2.24) is 5.32 Å². The molecular weight excluding hydrogens is 460 g/mol. The number of sulfonamides is 1. The van der Waals surface area contributed by atoms with Gasteiger partial charge in [-0.3, -0.25) is 9.10 Å². The van der Waals surface area contributed by atoms with Crippen LogP contribution in [0.15, 0.2) is 77.7 Å². The molecule has 35 heavy (non-hydrogen) atoms. The number of carbonyl (C=O) groups excluding carboxylic acids is 1. The lowest BCUT2D eigenvalue weighted by Crippen LogP contribution is -2.45. The number of amides is 1. The minimum Gasteiger partial charge on any atom is -0.487 e. The van der Waals surface area contributed by atoms with Crippen LogP contribution in [0.5, 0.6) is 5.75 Å². The van der Waals surface area contributed by atoms with Gasteiger partial charge in [0.25, 0.3) is 10.0 Å². The van der Waals surface area contributed by atoms with Crippen LogP contribution in [0.2, 0.25) is 0 Å². The van der Waals surface area contributed by atoms with Crippen molar-refractivity contribution in [2.24, 2.45) is 0 Å². The van der Waals surface area contributed by atoms with Crippen LogP contribution in [0, 0.1) is 6.92 Å². The van der Waals surface area contributed by atoms with Crippen LogP contribution in [0.1, 0.15) is 49.9 Å². The third-order valence-corrected chi connectivity index (χ3v) is 7.99. The van der Waals surface area contributed by atoms with E-state index in [2.05, 4.69) is 5.32 Å². The van der Waals surface area contributed by atoms with Gasteiger partial charge >= 0.3 is 0 Å². The number of ether oxygens (including phenoxy) is 1. The third kappa shape index (κ3) is 5.35. The highest BCUT2D eigenvalue weighted by atomic mass is 32.2. The maximum atomic E-state index is 13.7. The van der Waals surface area contributed by atoms with Gasteiger partial charge in [0.1, 0.15) is 17.9 Å². The van der Waals surface area contributed by atoms with Crippen LogP contribution in [0.25, 0.3) is 0 Å². The number of carbonyl (C=O) groups is 1. The second-order valence-electron chi connectivity index (χ2n) is 9.53. The van der Waals surface area contributed by atoms with Gasteiger partial charge < -0.3 is 10.1 Å². The lowest BCUT2D eigenvalue weighted by atomic mass is 9.89. The Kier molecular flexibility index (Phi) is 6.90. The molecule has 1 aliphatic rings. The fraction of sp³-hybridized carbons (Fsp3) is 0.321. The summed E-state index contributed by atoms with van der Waals surface area (Å²) in [6.07, 6.45) is 1.21. The summed E-state index contributed by atoms with van der Waals surface area (Å²) in [4.78, 5) is 13.6. The average molecular weight is 493 g/mol. The maximum absolute atomic E-state index is 13.7. The van der Waals surface area contributed by atoms with Crippen molar-refractivity contribution in [3.63, 3.8) is 0 Å². The van der Waals surface area contributed by atoms with Gasteiger partial charge in [-0.1, -0.05) is 61.0 Å². The molecule has 1 amide bonds. The number of para-hydroxylation sites is 1. The van der Waals surface area contributed by atoms with E-state index in [1.807, 2.05) is 58.0 Å². The molecule has 184 valence electrons. The molecule has 1 heterocycles. The van der Waals surface area contributed by atoms with Crippen molar-refractivity contribution in [3.05, 3.63) is 89.5 Å². The molecule has 0 fully saturated rings. The van der Waals surface area contributed by atoms with Gasteiger partial charge in [-0.2, -0.15) is 0 Å². The number of aryl methyl sites for hydroxylation is 2. The molecule has 1 unspecified atom stereocenters. The van der Waals surface area contributed by atoms with Crippen molar-refractivity contribution in [2.45, 2.75) is 57.1 Å². The van der Waals surface area contributed by atoms with E-state index in [1.165, 1.54) is 4.31 Å². The van der Waals surface area contributed by atoms with Crippen molar-refractivity contribution in [3.8, 4) is 5.75 Å². The Morgan fingerprint density at radius 2 is 1.74 bits per heavy atom. The van der Waals surface area contributed by atoms with E-state index >= 15 is 0 Å². The molecule has 3 aromatic rings. The number of fused-ring (bicyclic) bond motifs is 1. The molecule has 0 saturated heterocycles. The number of rotatable bonds is 7. The van der Waals surface area contributed by atoms with Gasteiger partial charge in [-0.15, -0.1) is 0 Å². The summed E-state index contributed by atoms with van der Waals surface area (Å²) in [6.45, 7) is 7.61. The summed E-state index contributed by atoms with van der Waals surface area (Å²) in [5, 5.41) is 3.09. The Labute approximate surface area is 208 Å². The number of nitrogens with one attached hydrogen (secondary N) is 1. The normalized spacial score (nSPS) is 16.6. The van der Waals surface area contributed by atoms with Gasteiger partial charge in [0, 0.05) is 12.0 Å². The standard InChI is InChI=1S/C28H32N2O4S/c1-5-21-11-9-10-14-25(21)30(35(32,33)22-12-7-6-8-13-22)19-27(31)29-24-18-28(3,4)34-26-16-15-20(2)17-23(24)26/h6-17,24H,5,18-19H2,1-4H3,(H,29,31). The first kappa shape index (κ1) is 24.8. The van der Waals surface area contributed by atoms with Crippen molar-refractivity contribution in [2.75, 3.05) is 10.8 Å². The molecular formula is C28H32N2O4S. The van der Waals surface area contributed by atoms with Gasteiger partial charge in [-0.05, 0) is 57.0 Å². The molecule has 0 spiro atoms. The quantitative estimate of drug-likeness (QED) is 0.494. The summed E-state index contributed by atoms with van der Waals surface area (Å²) in [5.41, 5.74) is 2.87. The van der Waals surface area contributed by atoms with Crippen molar-refractivity contribution in [1.29, 1.82) is 0 Å². The van der Waals surface area contributed by atoms with Crippen LogP contribution in [0.3, 0.4) is 0 Å². The first-order valence-electron chi connectivity index (χ1n) is 11.9. The zero-order valence-electron chi connectivity index (χ0n) is 20.6. The predicted octanol–water partition coefficient (Wildman–Crippen LogP) is 5.17. The minimum absolute atomic E-state index is 0.145. The van der Waals surface area contributed by atoms with Gasteiger partial charge in [-0.25, -0.2) is 8.42 Å². The largest absolute Gasteiger partial charge is 0.487 e. The van der Waals surface area contributed by atoms with Gasteiger partial charge in [0.15, 0.2) is 0 Å². The molecule has 0 aromatic heterocycles. The highest BCUT2D eigenvalue weighted by Crippen LogP contribution is 2.40. The summed E-state index contributed by atoms with van der Waals surface area (Å²) >= 11 is 0. The summed E-state index contributed by atoms with van der Waals surface area (Å²) in [5.74, 6) is 0.368. The van der Waals surface area contributed by atoms with Crippen molar-refractivity contribution >= 4 is 21.6 Å². The SMILES string of the molecule is CCc1ccccc1N(CC(=O)NC1CC(C)(C)Oc2ccc(C)cc21)S(=O)(=O)c1ccccc1. The molecule has 0 aliphatic carbocycles. The van der Waals surface area contributed by atoms with E-state index in [0.717, 1.165) is 22.4 Å². The molecule has 0 saturated carbocycles. The molecule has 0 bridgehead atoms. The Bertz CT molecular complexity index is 1320. The second-order valence-corrected chi connectivity index (χ2v) is 11.4. The average Bonchev–Trinajstić information content (AvgIpc) is 2.83. The Hall–Kier alpha value is -3.32. The van der Waals surface area contributed by atoms with Crippen molar-refractivity contribution < 1.29 is 17.9 Å². The van der Waals surface area contributed by atoms with Crippen LogP contribution >= 0.6 is 0 Å². The number of nitrogens with zero attached hydrogens (tertiary/aromatic N) is 1. The smallest absolute Gasteiger partial charge is 0.264 e. The Balaban J connectivity index is 1.68. The van der Waals surface area contributed by atoms with Gasteiger partial charge in [0.05, 0.1) is 16.6 Å². The first-order valence-corrected chi connectivity index (χ1v) is 13.3. The number of anilines is 1. The fourth-order valence-electron chi connectivity index (χ4n) is 4.55. The van der Waals surface area contributed by atoms with Crippen LogP contribution in [-0.4, -0.2) is 26.5 Å².